The average molecular weight is 241 g/mol. The molecule has 4 nitrogen and oxygen atoms in total. The Morgan fingerprint density at radius 2 is 2.28 bits per heavy atom. The van der Waals surface area contributed by atoms with Gasteiger partial charge in [0.05, 0.1) is 5.56 Å². The zero-order chi connectivity index (χ0) is 12.5. The van der Waals surface area contributed by atoms with Crippen LogP contribution in [-0.2, 0) is 4.79 Å². The summed E-state index contributed by atoms with van der Waals surface area (Å²) in [5.74, 6) is 2.15. The van der Waals surface area contributed by atoms with Gasteiger partial charge in [0.1, 0.15) is 11.9 Å². The molecule has 2 saturated carbocycles. The maximum atomic E-state index is 12.1. The number of pyridine rings is 1. The van der Waals surface area contributed by atoms with Crippen molar-refractivity contribution in [3.8, 4) is 6.07 Å². The Hall–Kier alpha value is -1.89. The number of hydrogen-bond donors (Lipinski definition) is 1. The van der Waals surface area contributed by atoms with E-state index in [9.17, 15) is 4.79 Å². The molecule has 2 aliphatic rings. The van der Waals surface area contributed by atoms with E-state index in [4.69, 9.17) is 5.26 Å². The van der Waals surface area contributed by atoms with Gasteiger partial charge in [-0.3, -0.25) is 4.79 Å². The molecule has 1 aromatic rings. The first kappa shape index (κ1) is 11.2. The van der Waals surface area contributed by atoms with Crippen LogP contribution in [0.15, 0.2) is 18.3 Å². The molecule has 1 aromatic heterocycles. The van der Waals surface area contributed by atoms with Crippen LogP contribution in [0.4, 0.5) is 5.82 Å². The molecule has 2 bridgehead atoms. The molecule has 0 saturated heterocycles. The Kier molecular flexibility index (Phi) is 2.75. The fourth-order valence-electron chi connectivity index (χ4n) is 3.32. The zero-order valence-electron chi connectivity index (χ0n) is 10.1. The van der Waals surface area contributed by atoms with Gasteiger partial charge in [0.2, 0.25) is 5.91 Å². The number of hydrogen-bond acceptors (Lipinski definition) is 3. The highest BCUT2D eigenvalue weighted by Gasteiger charge is 2.43. The number of rotatable bonds is 2. The molecule has 0 radical (unpaired) electrons. The van der Waals surface area contributed by atoms with E-state index in [2.05, 4.69) is 10.3 Å². The van der Waals surface area contributed by atoms with Crippen LogP contribution in [0, 0.1) is 29.1 Å². The number of carbonyl (C=O) groups is 1. The monoisotopic (exact) mass is 241 g/mol. The minimum Gasteiger partial charge on any atom is -0.310 e. The second-order valence-corrected chi connectivity index (χ2v) is 5.31. The van der Waals surface area contributed by atoms with Crippen molar-refractivity contribution in [3.05, 3.63) is 23.9 Å². The van der Waals surface area contributed by atoms with E-state index in [0.29, 0.717) is 17.3 Å². The van der Waals surface area contributed by atoms with Gasteiger partial charge < -0.3 is 5.32 Å². The molecule has 3 rings (SSSR count). The molecule has 0 aliphatic heterocycles. The summed E-state index contributed by atoms with van der Waals surface area (Å²) in [7, 11) is 0. The van der Waals surface area contributed by atoms with Crippen molar-refractivity contribution < 1.29 is 4.79 Å². The van der Waals surface area contributed by atoms with Gasteiger partial charge in [-0.2, -0.15) is 5.26 Å². The SMILES string of the molecule is N#Cc1ccc(NC(=O)C2CC3CCC2C3)nc1. The van der Waals surface area contributed by atoms with Gasteiger partial charge in [-0.1, -0.05) is 6.42 Å². The van der Waals surface area contributed by atoms with Crippen LogP contribution in [-0.4, -0.2) is 10.9 Å². The lowest BCUT2D eigenvalue weighted by Gasteiger charge is -2.20. The van der Waals surface area contributed by atoms with Crippen molar-refractivity contribution in [3.63, 3.8) is 0 Å². The average Bonchev–Trinajstić information content (AvgIpc) is 3.02. The fourth-order valence-corrected chi connectivity index (χ4v) is 3.32. The molecule has 92 valence electrons. The molecule has 2 aliphatic carbocycles. The van der Waals surface area contributed by atoms with Crippen LogP contribution < -0.4 is 5.32 Å². The molecule has 18 heavy (non-hydrogen) atoms. The van der Waals surface area contributed by atoms with Gasteiger partial charge in [-0.15, -0.1) is 0 Å². The highest BCUT2D eigenvalue weighted by Crippen LogP contribution is 2.48. The molecule has 0 aromatic carbocycles. The largest absolute Gasteiger partial charge is 0.310 e. The molecule has 1 N–H and O–H groups in total. The van der Waals surface area contributed by atoms with Crippen molar-refractivity contribution in [2.45, 2.75) is 25.7 Å². The minimum atomic E-state index is 0.0967. The highest BCUT2D eigenvalue weighted by atomic mass is 16.2. The van der Waals surface area contributed by atoms with Crippen molar-refractivity contribution >= 4 is 11.7 Å². The zero-order valence-corrected chi connectivity index (χ0v) is 10.1. The van der Waals surface area contributed by atoms with Gasteiger partial charge in [0.15, 0.2) is 0 Å². The van der Waals surface area contributed by atoms with E-state index >= 15 is 0 Å². The van der Waals surface area contributed by atoms with Crippen LogP contribution in [0.3, 0.4) is 0 Å². The smallest absolute Gasteiger partial charge is 0.228 e. The second kappa shape index (κ2) is 4.41. The maximum Gasteiger partial charge on any atom is 0.228 e. The molecule has 4 heteroatoms. The summed E-state index contributed by atoms with van der Waals surface area (Å²) in [5.41, 5.74) is 0.507. The van der Waals surface area contributed by atoms with Crippen molar-refractivity contribution in [1.29, 1.82) is 5.26 Å². The Labute approximate surface area is 106 Å². The normalized spacial score (nSPS) is 28.9. The summed E-state index contributed by atoms with van der Waals surface area (Å²) in [6, 6.07) is 5.36. The summed E-state index contributed by atoms with van der Waals surface area (Å²) in [6.07, 6.45) is 6.23. The Morgan fingerprint density at radius 1 is 1.39 bits per heavy atom. The summed E-state index contributed by atoms with van der Waals surface area (Å²) in [5, 5.41) is 11.5. The molecule has 3 atom stereocenters. The van der Waals surface area contributed by atoms with Crippen LogP contribution in [0.5, 0.6) is 0 Å². The molecule has 1 amide bonds. The van der Waals surface area contributed by atoms with Crippen LogP contribution in [0.25, 0.3) is 0 Å². The van der Waals surface area contributed by atoms with Gasteiger partial charge in [0.25, 0.3) is 0 Å². The maximum absolute atomic E-state index is 12.1. The first-order valence-electron chi connectivity index (χ1n) is 6.43. The third kappa shape index (κ3) is 1.97. The van der Waals surface area contributed by atoms with Gasteiger partial charge >= 0.3 is 0 Å². The lowest BCUT2D eigenvalue weighted by Crippen LogP contribution is -2.27. The van der Waals surface area contributed by atoms with Crippen molar-refractivity contribution in [1.82, 2.24) is 4.98 Å². The van der Waals surface area contributed by atoms with E-state index in [0.717, 1.165) is 12.3 Å². The Bertz CT molecular complexity index is 503. The number of nitrogens with one attached hydrogen (secondary N) is 1. The molecular weight excluding hydrogens is 226 g/mol. The molecule has 2 fully saturated rings. The van der Waals surface area contributed by atoms with Crippen LogP contribution >= 0.6 is 0 Å². The standard InChI is InChI=1S/C14H15N3O/c15-7-10-2-4-13(16-8-10)17-14(18)12-6-9-1-3-11(12)5-9/h2,4,8-9,11-12H,1,3,5-6H2,(H,16,17,18). The van der Waals surface area contributed by atoms with Crippen molar-refractivity contribution in [2.75, 3.05) is 5.32 Å². The molecule has 1 heterocycles. The summed E-state index contributed by atoms with van der Waals surface area (Å²) in [6.45, 7) is 0. The van der Waals surface area contributed by atoms with E-state index in [1.165, 1.54) is 25.5 Å². The first-order valence-corrected chi connectivity index (χ1v) is 6.43. The number of aromatic nitrogens is 1. The highest BCUT2D eigenvalue weighted by molar-refractivity contribution is 5.92. The fraction of sp³-hybridized carbons (Fsp3) is 0.500. The number of carbonyl (C=O) groups excluding carboxylic acids is 1. The molecule has 3 unspecified atom stereocenters. The van der Waals surface area contributed by atoms with Gasteiger partial charge in [-0.05, 0) is 43.2 Å². The van der Waals surface area contributed by atoms with E-state index < -0.39 is 0 Å². The quantitative estimate of drug-likeness (QED) is 0.864. The first-order chi connectivity index (χ1) is 8.76. The predicted molar refractivity (Wildman–Crippen MR) is 66.5 cm³/mol. The number of fused-ring (bicyclic) bond motifs is 2. The third-order valence-electron chi connectivity index (χ3n) is 4.22. The third-order valence-corrected chi connectivity index (χ3v) is 4.22. The molecule has 0 spiro atoms. The topological polar surface area (TPSA) is 65.8 Å². The van der Waals surface area contributed by atoms with Crippen LogP contribution in [0.1, 0.15) is 31.2 Å². The van der Waals surface area contributed by atoms with Gasteiger partial charge in [0, 0.05) is 12.1 Å². The van der Waals surface area contributed by atoms with E-state index in [1.807, 2.05) is 6.07 Å². The van der Waals surface area contributed by atoms with E-state index in [-0.39, 0.29) is 11.8 Å². The second-order valence-electron chi connectivity index (χ2n) is 5.31. The van der Waals surface area contributed by atoms with Gasteiger partial charge in [-0.25, -0.2) is 4.98 Å². The van der Waals surface area contributed by atoms with Crippen molar-refractivity contribution in [2.24, 2.45) is 17.8 Å². The molecular formula is C14H15N3O. The predicted octanol–water partition coefficient (Wildman–Crippen LogP) is 2.33. The number of nitriles is 1. The Morgan fingerprint density at radius 3 is 2.83 bits per heavy atom. The lowest BCUT2D eigenvalue weighted by molar-refractivity contribution is -0.121. The van der Waals surface area contributed by atoms with E-state index in [1.54, 1.807) is 12.1 Å². The summed E-state index contributed by atoms with van der Waals surface area (Å²) >= 11 is 0. The number of anilines is 1. The summed E-state index contributed by atoms with van der Waals surface area (Å²) < 4.78 is 0. The van der Waals surface area contributed by atoms with Crippen LogP contribution in [0.2, 0.25) is 0 Å². The Balaban J connectivity index is 1.65. The lowest BCUT2D eigenvalue weighted by atomic mass is 9.88. The summed E-state index contributed by atoms with van der Waals surface area (Å²) in [4.78, 5) is 16.2. The number of amides is 1. The minimum absolute atomic E-state index is 0.0967. The number of nitrogens with zero attached hydrogens (tertiary/aromatic N) is 2.